The number of amides is 1. The molecule has 1 aromatic heterocycles. The van der Waals surface area contributed by atoms with Crippen LogP contribution in [-0.4, -0.2) is 57.5 Å². The summed E-state index contributed by atoms with van der Waals surface area (Å²) in [5, 5.41) is 9.35. The number of piperazine rings is 1. The predicted octanol–water partition coefficient (Wildman–Crippen LogP) is 3.50. The minimum absolute atomic E-state index is 0.0643. The summed E-state index contributed by atoms with van der Waals surface area (Å²) in [5.41, 5.74) is 1.83. The van der Waals surface area contributed by atoms with Crippen molar-refractivity contribution >= 4 is 35.0 Å². The van der Waals surface area contributed by atoms with Crippen LogP contribution >= 0.6 is 23.4 Å². The molecule has 0 bridgehead atoms. The van der Waals surface area contributed by atoms with E-state index in [-0.39, 0.29) is 17.5 Å². The average Bonchev–Trinajstić information content (AvgIpc) is 3.21. The number of carbonyl (C=O) groups excluding carboxylic acids is 1. The van der Waals surface area contributed by atoms with E-state index in [4.69, 9.17) is 11.6 Å². The Labute approximate surface area is 177 Å². The largest absolute Gasteiger partial charge is 0.368 e. The fraction of sp³-hybridized carbons (Fsp3) is 0.250. The van der Waals surface area contributed by atoms with Crippen LogP contribution < -0.4 is 4.90 Å². The summed E-state index contributed by atoms with van der Waals surface area (Å²) >= 11 is 7.42. The summed E-state index contributed by atoms with van der Waals surface area (Å²) in [7, 11) is 0. The van der Waals surface area contributed by atoms with E-state index in [1.165, 1.54) is 23.9 Å². The molecule has 150 valence electrons. The van der Waals surface area contributed by atoms with E-state index >= 15 is 0 Å². The molecule has 0 aliphatic carbocycles. The molecule has 2 aromatic carbocycles. The van der Waals surface area contributed by atoms with Crippen LogP contribution in [0.2, 0.25) is 5.02 Å². The van der Waals surface area contributed by atoms with Gasteiger partial charge in [0.25, 0.3) is 0 Å². The van der Waals surface area contributed by atoms with Crippen LogP contribution in [0.15, 0.2) is 60.0 Å². The van der Waals surface area contributed by atoms with Gasteiger partial charge in [0, 0.05) is 36.9 Å². The Morgan fingerprint density at radius 1 is 1.07 bits per heavy atom. The summed E-state index contributed by atoms with van der Waals surface area (Å²) in [6.07, 6.45) is 1.61. The second kappa shape index (κ2) is 8.84. The van der Waals surface area contributed by atoms with E-state index in [9.17, 15) is 9.18 Å². The van der Waals surface area contributed by atoms with Gasteiger partial charge < -0.3 is 9.80 Å². The molecule has 1 fully saturated rings. The summed E-state index contributed by atoms with van der Waals surface area (Å²) in [5.74, 6) is 0.107. The Bertz CT molecular complexity index is 989. The van der Waals surface area contributed by atoms with Crippen molar-refractivity contribution in [3.8, 4) is 5.69 Å². The molecule has 0 unspecified atom stereocenters. The van der Waals surface area contributed by atoms with Crippen molar-refractivity contribution in [1.82, 2.24) is 19.7 Å². The fourth-order valence-electron chi connectivity index (χ4n) is 3.21. The first-order valence-electron chi connectivity index (χ1n) is 9.17. The van der Waals surface area contributed by atoms with Crippen LogP contribution in [-0.2, 0) is 4.79 Å². The zero-order valence-corrected chi connectivity index (χ0v) is 17.1. The molecule has 9 heteroatoms. The molecule has 0 N–H and O–H groups in total. The van der Waals surface area contributed by atoms with Crippen LogP contribution in [0.5, 0.6) is 0 Å². The second-order valence-corrected chi connectivity index (χ2v) is 7.98. The third-order valence-corrected chi connectivity index (χ3v) is 5.91. The lowest BCUT2D eigenvalue weighted by Gasteiger charge is -2.36. The molecule has 2 heterocycles. The van der Waals surface area contributed by atoms with Gasteiger partial charge in [0.1, 0.15) is 12.1 Å². The van der Waals surface area contributed by atoms with E-state index in [1.54, 1.807) is 24.5 Å². The van der Waals surface area contributed by atoms with Crippen LogP contribution in [0.25, 0.3) is 5.69 Å². The Morgan fingerprint density at radius 2 is 1.83 bits per heavy atom. The molecule has 0 saturated carbocycles. The van der Waals surface area contributed by atoms with Crippen LogP contribution in [0.1, 0.15) is 0 Å². The molecule has 4 rings (SSSR count). The van der Waals surface area contributed by atoms with Crippen molar-refractivity contribution in [2.45, 2.75) is 5.16 Å². The van der Waals surface area contributed by atoms with Gasteiger partial charge in [-0.3, -0.25) is 9.36 Å². The Kier molecular flexibility index (Phi) is 6.01. The van der Waals surface area contributed by atoms with Crippen molar-refractivity contribution in [2.75, 3.05) is 36.8 Å². The minimum atomic E-state index is -0.245. The first-order valence-corrected chi connectivity index (χ1v) is 10.5. The molecule has 0 spiro atoms. The van der Waals surface area contributed by atoms with E-state index in [2.05, 4.69) is 15.1 Å². The zero-order chi connectivity index (χ0) is 20.2. The standard InChI is InChI=1S/C20H19ClFN5OS/c21-15-2-1-3-18(12-15)27-14-23-24-20(27)29-13-19(28)26-10-8-25(9-11-26)17-6-4-16(22)5-7-17/h1-7,12,14H,8-11,13H2. The normalized spacial score (nSPS) is 14.3. The highest BCUT2D eigenvalue weighted by Crippen LogP contribution is 2.23. The Balaban J connectivity index is 1.32. The summed E-state index contributed by atoms with van der Waals surface area (Å²) in [4.78, 5) is 16.7. The highest BCUT2D eigenvalue weighted by Gasteiger charge is 2.22. The lowest BCUT2D eigenvalue weighted by Crippen LogP contribution is -2.49. The topological polar surface area (TPSA) is 54.3 Å². The van der Waals surface area contributed by atoms with E-state index in [1.807, 2.05) is 27.7 Å². The number of nitrogens with zero attached hydrogens (tertiary/aromatic N) is 5. The highest BCUT2D eigenvalue weighted by molar-refractivity contribution is 7.99. The van der Waals surface area contributed by atoms with Gasteiger partial charge in [0.2, 0.25) is 5.91 Å². The molecular weight excluding hydrogens is 413 g/mol. The molecular formula is C20H19ClFN5OS. The number of benzene rings is 2. The smallest absolute Gasteiger partial charge is 0.233 e. The number of anilines is 1. The average molecular weight is 432 g/mol. The minimum Gasteiger partial charge on any atom is -0.368 e. The van der Waals surface area contributed by atoms with Crippen molar-refractivity contribution in [3.05, 3.63) is 65.7 Å². The van der Waals surface area contributed by atoms with Crippen molar-refractivity contribution in [3.63, 3.8) is 0 Å². The quantitative estimate of drug-likeness (QED) is 0.579. The van der Waals surface area contributed by atoms with Crippen molar-refractivity contribution < 1.29 is 9.18 Å². The van der Waals surface area contributed by atoms with Crippen LogP contribution in [0.3, 0.4) is 0 Å². The Hall–Kier alpha value is -2.58. The van der Waals surface area contributed by atoms with Crippen molar-refractivity contribution in [2.24, 2.45) is 0 Å². The number of halogens is 2. The molecule has 1 aliphatic rings. The second-order valence-electron chi connectivity index (χ2n) is 6.60. The van der Waals surface area contributed by atoms with Gasteiger partial charge >= 0.3 is 0 Å². The maximum Gasteiger partial charge on any atom is 0.233 e. The molecule has 0 atom stereocenters. The van der Waals surface area contributed by atoms with Gasteiger partial charge in [-0.05, 0) is 42.5 Å². The number of hydrogen-bond acceptors (Lipinski definition) is 5. The van der Waals surface area contributed by atoms with Crippen LogP contribution in [0.4, 0.5) is 10.1 Å². The van der Waals surface area contributed by atoms with Gasteiger partial charge in [-0.2, -0.15) is 0 Å². The first-order chi connectivity index (χ1) is 14.1. The predicted molar refractivity (Wildman–Crippen MR) is 112 cm³/mol. The molecule has 1 aliphatic heterocycles. The number of hydrogen-bond donors (Lipinski definition) is 0. The third kappa shape index (κ3) is 4.71. The number of carbonyl (C=O) groups is 1. The van der Waals surface area contributed by atoms with Crippen molar-refractivity contribution in [1.29, 1.82) is 0 Å². The highest BCUT2D eigenvalue weighted by atomic mass is 35.5. The van der Waals surface area contributed by atoms with Gasteiger partial charge in [-0.15, -0.1) is 10.2 Å². The van der Waals surface area contributed by atoms with Gasteiger partial charge in [0.05, 0.1) is 11.4 Å². The van der Waals surface area contributed by atoms with E-state index in [0.717, 1.165) is 24.5 Å². The van der Waals surface area contributed by atoms with Crippen LogP contribution in [0, 0.1) is 5.82 Å². The van der Waals surface area contributed by atoms with E-state index < -0.39 is 0 Å². The lowest BCUT2D eigenvalue weighted by molar-refractivity contribution is -0.128. The van der Waals surface area contributed by atoms with Gasteiger partial charge in [0.15, 0.2) is 5.16 Å². The third-order valence-electron chi connectivity index (χ3n) is 4.75. The SMILES string of the molecule is O=C(CSc1nncn1-c1cccc(Cl)c1)N1CCN(c2ccc(F)cc2)CC1. The monoisotopic (exact) mass is 431 g/mol. The summed E-state index contributed by atoms with van der Waals surface area (Å²) in [6, 6.07) is 13.9. The molecule has 3 aromatic rings. The first kappa shape index (κ1) is 19.7. The summed E-state index contributed by atoms with van der Waals surface area (Å²) in [6.45, 7) is 2.72. The maximum absolute atomic E-state index is 13.1. The number of thioether (sulfide) groups is 1. The Morgan fingerprint density at radius 3 is 2.55 bits per heavy atom. The molecule has 1 amide bonds. The summed E-state index contributed by atoms with van der Waals surface area (Å²) < 4.78 is 14.9. The maximum atomic E-state index is 13.1. The molecule has 6 nitrogen and oxygen atoms in total. The van der Waals surface area contributed by atoms with Gasteiger partial charge in [-0.1, -0.05) is 29.4 Å². The van der Waals surface area contributed by atoms with Gasteiger partial charge in [-0.25, -0.2) is 4.39 Å². The molecule has 1 saturated heterocycles. The molecule has 0 radical (unpaired) electrons. The van der Waals surface area contributed by atoms with E-state index in [0.29, 0.717) is 23.3 Å². The fourth-order valence-corrected chi connectivity index (χ4v) is 4.23. The zero-order valence-electron chi connectivity index (χ0n) is 15.5. The number of aromatic nitrogens is 3. The lowest BCUT2D eigenvalue weighted by atomic mass is 10.2. The number of rotatable bonds is 5. The molecule has 29 heavy (non-hydrogen) atoms.